The molecule has 0 unspecified atom stereocenters. The Kier molecular flexibility index (Phi) is 8.31. The van der Waals surface area contributed by atoms with Crippen molar-refractivity contribution in [3.05, 3.63) is 168 Å². The van der Waals surface area contributed by atoms with Crippen molar-refractivity contribution in [1.29, 1.82) is 0 Å². The third kappa shape index (κ3) is 6.18. The third-order valence-electron chi connectivity index (χ3n) is 9.93. The molecule has 4 heteroatoms. The zero-order chi connectivity index (χ0) is 36.0. The lowest BCUT2D eigenvalue weighted by Crippen LogP contribution is -2.11. The van der Waals surface area contributed by atoms with Gasteiger partial charge in [0, 0.05) is 23.0 Å². The summed E-state index contributed by atoms with van der Waals surface area (Å²) in [6.45, 7) is 11.0. The largest absolute Gasteiger partial charge is 0.507 e. The molecule has 0 saturated carbocycles. The predicted octanol–water partition coefficient (Wildman–Crippen LogP) is 12.4. The van der Waals surface area contributed by atoms with Crippen molar-refractivity contribution in [3.63, 3.8) is 0 Å². The fraction of sp³-hybridized carbons (Fsp3) is 0.125. The maximum atomic E-state index is 11.1. The lowest BCUT2D eigenvalue weighted by Gasteiger charge is -2.22. The summed E-state index contributed by atoms with van der Waals surface area (Å²) in [5, 5.41) is 11.1. The van der Waals surface area contributed by atoms with Gasteiger partial charge in [-0.25, -0.2) is 4.98 Å². The number of hydrogen-bond acceptors (Lipinski definition) is 3. The van der Waals surface area contributed by atoms with Crippen LogP contribution in [0.4, 0.5) is 0 Å². The molecule has 0 aliphatic rings. The van der Waals surface area contributed by atoms with Crippen LogP contribution in [0.3, 0.4) is 0 Å². The standard InChI is InChI=1S/C48H41N3O/c1-31-18-20-33(21-19-31)35-24-25-49-43(30-35)37-27-36(28-38(29-37)48(3,4)5)41-15-11-16-44-46(41)50-47(42-14-9-10-17-45(42)52)51(44)39-22-23-40(32(2)26-39)34-12-7-6-8-13-34/h6-30,52H,1-5H3. The van der Waals surface area contributed by atoms with E-state index in [0.717, 1.165) is 50.2 Å². The number of imidazole rings is 1. The summed E-state index contributed by atoms with van der Waals surface area (Å²) in [7, 11) is 0. The number of nitrogens with zero attached hydrogens (tertiary/aromatic N) is 3. The first kappa shape index (κ1) is 32.9. The summed E-state index contributed by atoms with van der Waals surface area (Å²) < 4.78 is 2.18. The van der Waals surface area contributed by atoms with Gasteiger partial charge in [-0.15, -0.1) is 0 Å². The quantitative estimate of drug-likeness (QED) is 0.191. The van der Waals surface area contributed by atoms with Gasteiger partial charge in [-0.1, -0.05) is 117 Å². The van der Waals surface area contributed by atoms with Gasteiger partial charge in [-0.3, -0.25) is 9.55 Å². The molecule has 1 N–H and O–H groups in total. The van der Waals surface area contributed by atoms with Crippen LogP contribution in [0.1, 0.15) is 37.5 Å². The molecule has 0 radical (unpaired) electrons. The van der Waals surface area contributed by atoms with Crippen molar-refractivity contribution in [1.82, 2.24) is 14.5 Å². The van der Waals surface area contributed by atoms with E-state index in [4.69, 9.17) is 9.97 Å². The molecule has 2 aromatic heterocycles. The molecule has 0 bridgehead atoms. The first-order valence-electron chi connectivity index (χ1n) is 17.8. The summed E-state index contributed by atoms with van der Waals surface area (Å²) >= 11 is 0. The molecule has 0 atom stereocenters. The molecule has 0 spiro atoms. The molecule has 2 heterocycles. The fourth-order valence-corrected chi connectivity index (χ4v) is 7.04. The van der Waals surface area contributed by atoms with Gasteiger partial charge in [0.2, 0.25) is 0 Å². The van der Waals surface area contributed by atoms with E-state index in [9.17, 15) is 5.11 Å². The number of phenolic OH excluding ortho intramolecular Hbond substituents is 1. The Bertz CT molecular complexity index is 2570. The molecule has 52 heavy (non-hydrogen) atoms. The van der Waals surface area contributed by atoms with Crippen LogP contribution in [0, 0.1) is 13.8 Å². The molecule has 254 valence electrons. The normalized spacial score (nSPS) is 11.6. The van der Waals surface area contributed by atoms with E-state index in [-0.39, 0.29) is 11.2 Å². The Morgan fingerprint density at radius 2 is 1.29 bits per heavy atom. The van der Waals surface area contributed by atoms with Crippen molar-refractivity contribution in [2.45, 2.75) is 40.0 Å². The van der Waals surface area contributed by atoms with E-state index in [1.807, 2.05) is 30.5 Å². The van der Waals surface area contributed by atoms with E-state index in [2.05, 4.69) is 154 Å². The van der Waals surface area contributed by atoms with Crippen molar-refractivity contribution < 1.29 is 5.11 Å². The molecule has 4 nitrogen and oxygen atoms in total. The van der Waals surface area contributed by atoms with E-state index >= 15 is 0 Å². The van der Waals surface area contributed by atoms with E-state index in [0.29, 0.717) is 11.4 Å². The second-order valence-electron chi connectivity index (χ2n) is 14.7. The Labute approximate surface area is 305 Å². The highest BCUT2D eigenvalue weighted by atomic mass is 16.3. The lowest BCUT2D eigenvalue weighted by molar-refractivity contribution is 0.477. The first-order chi connectivity index (χ1) is 25.1. The number of aromatic nitrogens is 3. The van der Waals surface area contributed by atoms with Crippen LogP contribution in [0.15, 0.2) is 152 Å². The number of fused-ring (bicyclic) bond motifs is 1. The van der Waals surface area contributed by atoms with E-state index in [1.54, 1.807) is 6.07 Å². The van der Waals surface area contributed by atoms with Crippen LogP contribution in [0.25, 0.3) is 72.7 Å². The zero-order valence-corrected chi connectivity index (χ0v) is 30.2. The number of aryl methyl sites for hydroxylation is 2. The molecule has 8 aromatic rings. The number of hydrogen-bond donors (Lipinski definition) is 1. The van der Waals surface area contributed by atoms with Crippen molar-refractivity contribution in [2.75, 3.05) is 0 Å². The van der Waals surface area contributed by atoms with Crippen LogP contribution in [0.5, 0.6) is 5.75 Å². The summed E-state index contributed by atoms with van der Waals surface area (Å²) in [6, 6.07) is 50.5. The average molecular weight is 676 g/mol. The van der Waals surface area contributed by atoms with Crippen molar-refractivity contribution in [2.24, 2.45) is 0 Å². The van der Waals surface area contributed by atoms with Crippen molar-refractivity contribution >= 4 is 11.0 Å². The Hall–Kier alpha value is -6.26. The molecule has 0 fully saturated rings. The minimum absolute atomic E-state index is 0.106. The van der Waals surface area contributed by atoms with Gasteiger partial charge in [-0.2, -0.15) is 0 Å². The number of para-hydroxylation sites is 2. The molecule has 0 saturated heterocycles. The molecule has 6 aromatic carbocycles. The van der Waals surface area contributed by atoms with E-state index in [1.165, 1.54) is 27.8 Å². The van der Waals surface area contributed by atoms with Crippen LogP contribution in [0.2, 0.25) is 0 Å². The first-order valence-corrected chi connectivity index (χ1v) is 17.8. The fourth-order valence-electron chi connectivity index (χ4n) is 7.04. The number of benzene rings is 6. The van der Waals surface area contributed by atoms with Gasteiger partial charge in [0.1, 0.15) is 11.6 Å². The number of aromatic hydroxyl groups is 1. The monoisotopic (exact) mass is 675 g/mol. The molecule has 0 aliphatic heterocycles. The number of pyridine rings is 1. The highest BCUT2D eigenvalue weighted by Crippen LogP contribution is 2.40. The Morgan fingerprint density at radius 3 is 2.04 bits per heavy atom. The summed E-state index contributed by atoms with van der Waals surface area (Å²) in [6.07, 6.45) is 1.90. The maximum Gasteiger partial charge on any atom is 0.149 e. The van der Waals surface area contributed by atoms with Gasteiger partial charge in [-0.05, 0) is 113 Å². The average Bonchev–Trinajstić information content (AvgIpc) is 3.55. The molecular weight excluding hydrogens is 635 g/mol. The van der Waals surface area contributed by atoms with E-state index < -0.39 is 0 Å². The van der Waals surface area contributed by atoms with Gasteiger partial charge in [0.15, 0.2) is 0 Å². The predicted molar refractivity (Wildman–Crippen MR) is 216 cm³/mol. The Morgan fingerprint density at radius 1 is 0.558 bits per heavy atom. The molecule has 8 rings (SSSR count). The minimum atomic E-state index is -0.106. The van der Waals surface area contributed by atoms with Gasteiger partial charge >= 0.3 is 0 Å². The lowest BCUT2D eigenvalue weighted by atomic mass is 9.83. The second kappa shape index (κ2) is 13.1. The van der Waals surface area contributed by atoms with Crippen LogP contribution in [-0.4, -0.2) is 19.6 Å². The van der Waals surface area contributed by atoms with Crippen LogP contribution in [-0.2, 0) is 5.41 Å². The number of rotatable bonds is 6. The zero-order valence-electron chi connectivity index (χ0n) is 30.2. The SMILES string of the molecule is Cc1ccc(-c2ccnc(-c3cc(-c4cccc5c4nc(-c4ccccc4O)n5-c4ccc(-c5ccccc5)c(C)c4)cc(C(C)(C)C)c3)c2)cc1. The summed E-state index contributed by atoms with van der Waals surface area (Å²) in [5.74, 6) is 0.877. The second-order valence-corrected chi connectivity index (χ2v) is 14.7. The smallest absolute Gasteiger partial charge is 0.149 e. The van der Waals surface area contributed by atoms with Gasteiger partial charge < -0.3 is 5.11 Å². The van der Waals surface area contributed by atoms with Gasteiger partial charge in [0.25, 0.3) is 0 Å². The highest BCUT2D eigenvalue weighted by Gasteiger charge is 2.22. The maximum absolute atomic E-state index is 11.1. The molecule has 0 amide bonds. The van der Waals surface area contributed by atoms with Crippen LogP contribution < -0.4 is 0 Å². The van der Waals surface area contributed by atoms with Crippen molar-refractivity contribution in [3.8, 4) is 67.5 Å². The summed E-state index contributed by atoms with van der Waals surface area (Å²) in [5.41, 5.74) is 15.7. The van der Waals surface area contributed by atoms with Gasteiger partial charge in [0.05, 0.1) is 22.3 Å². The highest BCUT2D eigenvalue weighted by molar-refractivity contribution is 5.97. The topological polar surface area (TPSA) is 50.9 Å². The Balaban J connectivity index is 1.33. The summed E-state index contributed by atoms with van der Waals surface area (Å²) in [4.78, 5) is 10.2. The van der Waals surface area contributed by atoms with Crippen LogP contribution >= 0.6 is 0 Å². The number of phenols is 1. The molecule has 0 aliphatic carbocycles. The molecular formula is C48H41N3O. The minimum Gasteiger partial charge on any atom is -0.507 e. The third-order valence-corrected chi connectivity index (χ3v) is 9.93.